The molecule has 2 rings (SSSR count). The summed E-state index contributed by atoms with van der Waals surface area (Å²) in [6.07, 6.45) is 5.56. The number of dihydropyridines is 1. The number of aryl methyl sites for hydroxylation is 2. The zero-order valence-electron chi connectivity index (χ0n) is 10.9. The maximum absolute atomic E-state index is 12.0. The van der Waals surface area contributed by atoms with Gasteiger partial charge in [0.2, 0.25) is 0 Å². The average Bonchev–Trinajstić information content (AvgIpc) is 2.34. The highest BCUT2D eigenvalue weighted by atomic mass is 16.1. The number of carbonyl (C=O) groups excluding carboxylic acids is 1. The lowest BCUT2D eigenvalue weighted by molar-refractivity contribution is -0.112. The molecule has 1 atom stereocenters. The van der Waals surface area contributed by atoms with Gasteiger partial charge in [0.1, 0.15) is 0 Å². The summed E-state index contributed by atoms with van der Waals surface area (Å²) in [6.45, 7) is 6.12. The summed E-state index contributed by atoms with van der Waals surface area (Å²) in [7, 11) is 0. The molecule has 18 heavy (non-hydrogen) atoms. The molecule has 0 saturated carbocycles. The largest absolute Gasteiger partial charge is 0.384 e. The third-order valence-corrected chi connectivity index (χ3v) is 3.09. The van der Waals surface area contributed by atoms with Crippen LogP contribution < -0.4 is 10.6 Å². The Hall–Kier alpha value is -2.03. The minimum Gasteiger partial charge on any atom is -0.384 e. The van der Waals surface area contributed by atoms with Gasteiger partial charge in [0.05, 0.1) is 5.57 Å². The summed E-state index contributed by atoms with van der Waals surface area (Å²) in [4.78, 5) is 12.0. The van der Waals surface area contributed by atoms with Crippen molar-refractivity contribution in [3.05, 3.63) is 53.3 Å². The summed E-state index contributed by atoms with van der Waals surface area (Å²) < 4.78 is 0. The van der Waals surface area contributed by atoms with Gasteiger partial charge in [0.25, 0.3) is 5.91 Å². The normalized spacial score (nSPS) is 17.9. The Morgan fingerprint density at radius 3 is 2.67 bits per heavy atom. The molecule has 2 N–H and O–H groups in total. The predicted molar refractivity (Wildman–Crippen MR) is 74.4 cm³/mol. The van der Waals surface area contributed by atoms with Gasteiger partial charge in [-0.25, -0.2) is 0 Å². The topological polar surface area (TPSA) is 41.1 Å². The fourth-order valence-corrected chi connectivity index (χ4v) is 1.74. The lowest BCUT2D eigenvalue weighted by Gasteiger charge is -2.14. The van der Waals surface area contributed by atoms with E-state index < -0.39 is 0 Å². The highest BCUT2D eigenvalue weighted by Gasteiger charge is 2.10. The summed E-state index contributed by atoms with van der Waals surface area (Å²) in [5, 5.41) is 6.01. The molecule has 1 unspecified atom stereocenters. The second kappa shape index (κ2) is 5.08. The Bertz CT molecular complexity index is 529. The van der Waals surface area contributed by atoms with Crippen LogP contribution in [0, 0.1) is 13.8 Å². The zero-order chi connectivity index (χ0) is 13.1. The molecule has 0 saturated heterocycles. The summed E-state index contributed by atoms with van der Waals surface area (Å²) in [6, 6.07) is 6.19. The first-order chi connectivity index (χ1) is 8.56. The van der Waals surface area contributed by atoms with Crippen LogP contribution in [0.4, 0.5) is 5.69 Å². The Labute approximate surface area is 108 Å². The number of hydrogen-bond donors (Lipinski definition) is 2. The van der Waals surface area contributed by atoms with Gasteiger partial charge >= 0.3 is 0 Å². The number of carbonyl (C=O) groups is 1. The molecule has 0 aromatic heterocycles. The molecule has 1 heterocycles. The third-order valence-electron chi connectivity index (χ3n) is 3.09. The molecular formula is C15H18N2O. The number of amides is 1. The first-order valence-corrected chi connectivity index (χ1v) is 6.09. The maximum atomic E-state index is 12.0. The van der Waals surface area contributed by atoms with Gasteiger partial charge in [0.15, 0.2) is 0 Å². The van der Waals surface area contributed by atoms with Crippen molar-refractivity contribution < 1.29 is 4.79 Å². The Morgan fingerprint density at radius 1 is 1.28 bits per heavy atom. The van der Waals surface area contributed by atoms with Gasteiger partial charge in [-0.15, -0.1) is 0 Å². The van der Waals surface area contributed by atoms with Crippen molar-refractivity contribution in [2.24, 2.45) is 0 Å². The number of rotatable bonds is 2. The molecule has 3 nitrogen and oxygen atoms in total. The molecule has 1 aliphatic rings. The maximum Gasteiger partial charge on any atom is 0.257 e. The van der Waals surface area contributed by atoms with E-state index in [1.807, 2.05) is 44.2 Å². The molecular weight excluding hydrogens is 224 g/mol. The molecule has 0 fully saturated rings. The highest BCUT2D eigenvalue weighted by molar-refractivity contribution is 6.05. The standard InChI is InChI=1S/C15H18N2O/c1-10-4-7-14(8-11(10)2)17-15(18)13-6-5-12(3)16-9-13/h4-9,12,16H,1-3H3,(H,17,18). The van der Waals surface area contributed by atoms with Crippen molar-refractivity contribution in [2.45, 2.75) is 26.8 Å². The minimum atomic E-state index is -0.0890. The summed E-state index contributed by atoms with van der Waals surface area (Å²) in [5.74, 6) is -0.0890. The average molecular weight is 242 g/mol. The van der Waals surface area contributed by atoms with E-state index in [4.69, 9.17) is 0 Å². The van der Waals surface area contributed by atoms with E-state index in [-0.39, 0.29) is 11.9 Å². The lowest BCUT2D eigenvalue weighted by atomic mass is 10.1. The van der Waals surface area contributed by atoms with Crippen molar-refractivity contribution in [1.29, 1.82) is 0 Å². The van der Waals surface area contributed by atoms with E-state index in [1.165, 1.54) is 11.1 Å². The van der Waals surface area contributed by atoms with Crippen molar-refractivity contribution in [2.75, 3.05) is 5.32 Å². The van der Waals surface area contributed by atoms with Crippen LogP contribution in [0.3, 0.4) is 0 Å². The Kier molecular flexibility index (Phi) is 3.51. The lowest BCUT2D eigenvalue weighted by Crippen LogP contribution is -2.25. The van der Waals surface area contributed by atoms with Crippen molar-refractivity contribution in [1.82, 2.24) is 5.32 Å². The Balaban J connectivity index is 2.08. The van der Waals surface area contributed by atoms with Crippen LogP contribution in [0.25, 0.3) is 0 Å². The van der Waals surface area contributed by atoms with Crippen molar-refractivity contribution in [3.63, 3.8) is 0 Å². The highest BCUT2D eigenvalue weighted by Crippen LogP contribution is 2.15. The van der Waals surface area contributed by atoms with E-state index in [0.29, 0.717) is 5.57 Å². The molecule has 0 spiro atoms. The second-order valence-electron chi connectivity index (χ2n) is 4.67. The van der Waals surface area contributed by atoms with Crippen molar-refractivity contribution >= 4 is 11.6 Å². The quantitative estimate of drug-likeness (QED) is 0.837. The van der Waals surface area contributed by atoms with E-state index in [9.17, 15) is 4.79 Å². The van der Waals surface area contributed by atoms with Crippen molar-refractivity contribution in [3.8, 4) is 0 Å². The molecule has 0 radical (unpaired) electrons. The number of benzene rings is 1. The summed E-state index contributed by atoms with van der Waals surface area (Å²) in [5.41, 5.74) is 3.87. The monoisotopic (exact) mass is 242 g/mol. The molecule has 0 bridgehead atoms. The van der Waals surface area contributed by atoms with Crippen LogP contribution in [0.1, 0.15) is 18.1 Å². The fraction of sp³-hybridized carbons (Fsp3) is 0.267. The fourth-order valence-electron chi connectivity index (χ4n) is 1.74. The molecule has 3 heteroatoms. The second-order valence-corrected chi connectivity index (χ2v) is 4.67. The van der Waals surface area contributed by atoms with E-state index in [1.54, 1.807) is 6.20 Å². The van der Waals surface area contributed by atoms with Gasteiger partial charge in [-0.05, 0) is 50.1 Å². The Morgan fingerprint density at radius 2 is 2.06 bits per heavy atom. The number of nitrogens with one attached hydrogen (secondary N) is 2. The molecule has 1 aliphatic heterocycles. The third kappa shape index (κ3) is 2.80. The van der Waals surface area contributed by atoms with Crippen LogP contribution in [0.5, 0.6) is 0 Å². The van der Waals surface area contributed by atoms with E-state index in [0.717, 1.165) is 5.69 Å². The summed E-state index contributed by atoms with van der Waals surface area (Å²) >= 11 is 0. The van der Waals surface area contributed by atoms with Gasteiger partial charge in [-0.1, -0.05) is 12.1 Å². The predicted octanol–water partition coefficient (Wildman–Crippen LogP) is 2.67. The van der Waals surface area contributed by atoms with Crippen LogP contribution in [-0.4, -0.2) is 11.9 Å². The molecule has 94 valence electrons. The number of hydrogen-bond acceptors (Lipinski definition) is 2. The van der Waals surface area contributed by atoms with Gasteiger partial charge < -0.3 is 10.6 Å². The molecule has 1 amide bonds. The molecule has 1 aromatic rings. The van der Waals surface area contributed by atoms with Crippen LogP contribution >= 0.6 is 0 Å². The molecule has 0 aliphatic carbocycles. The van der Waals surface area contributed by atoms with Gasteiger partial charge in [0, 0.05) is 17.9 Å². The minimum absolute atomic E-state index is 0.0890. The van der Waals surface area contributed by atoms with Crippen LogP contribution in [0.2, 0.25) is 0 Å². The number of anilines is 1. The van der Waals surface area contributed by atoms with E-state index >= 15 is 0 Å². The SMILES string of the molecule is Cc1ccc(NC(=O)C2=CNC(C)C=C2)cc1C. The molecule has 1 aromatic carbocycles. The van der Waals surface area contributed by atoms with Crippen LogP contribution in [0.15, 0.2) is 42.1 Å². The smallest absolute Gasteiger partial charge is 0.257 e. The first kappa shape index (κ1) is 12.4. The first-order valence-electron chi connectivity index (χ1n) is 6.09. The van der Waals surface area contributed by atoms with E-state index in [2.05, 4.69) is 17.6 Å². The van der Waals surface area contributed by atoms with Crippen LogP contribution in [-0.2, 0) is 4.79 Å². The van der Waals surface area contributed by atoms with Gasteiger partial charge in [-0.2, -0.15) is 0 Å². The zero-order valence-corrected chi connectivity index (χ0v) is 10.9. The van der Waals surface area contributed by atoms with Gasteiger partial charge in [-0.3, -0.25) is 4.79 Å².